The molecule has 6 atom stereocenters. The molecule has 3 aliphatic heterocycles. The number of ether oxygens (including phenoxy) is 2. The highest BCUT2D eigenvalue weighted by Gasteiger charge is 2.49. The van der Waals surface area contributed by atoms with Crippen molar-refractivity contribution in [3.63, 3.8) is 0 Å². The van der Waals surface area contributed by atoms with E-state index in [2.05, 4.69) is 92.0 Å². The summed E-state index contributed by atoms with van der Waals surface area (Å²) in [6.45, 7) is 16.7. The number of hydrogen-bond donors (Lipinski definition) is 2. The van der Waals surface area contributed by atoms with Crippen LogP contribution in [0, 0.1) is 23.2 Å². The summed E-state index contributed by atoms with van der Waals surface area (Å²) in [5.41, 5.74) is 7.92. The summed E-state index contributed by atoms with van der Waals surface area (Å²) >= 11 is 1.46. The topological polar surface area (TPSA) is 134 Å². The number of carbonyl (C=O) groups excluding carboxylic acids is 3. The van der Waals surface area contributed by atoms with Crippen molar-refractivity contribution in [3.05, 3.63) is 57.7 Å². The maximum absolute atomic E-state index is 17.3. The predicted octanol–water partition coefficient (Wildman–Crippen LogP) is 6.93. The zero-order valence-electron chi connectivity index (χ0n) is 39.1. The average Bonchev–Trinajstić information content (AvgIpc) is 3.54. The van der Waals surface area contributed by atoms with Crippen molar-refractivity contribution in [1.82, 2.24) is 40.1 Å². The van der Waals surface area contributed by atoms with E-state index >= 15 is 4.39 Å². The first-order valence-corrected chi connectivity index (χ1v) is 24.1. The number of methoxy groups -OCH3 is 1. The van der Waals surface area contributed by atoms with Crippen LogP contribution in [0.25, 0.3) is 33.4 Å². The standard InChI is InChI=1S/C49H67FN8O5S/c1-10-57-40-14-13-32-22-34(40)36(44(57)35-23-33(26-51-43(35)31(4)62-9)49(50)15-18-56(19-16-49)21-20-55(7)8)25-48(5,6)28-63-47(61)37-12-11-17-58(54-37)46(60)38(24-41-52-39(32)27-64-41)53-45(59)42-29(2)30(42)3/h13-14,22-23,26-27,29-31,37-38,42,54H,10-12,15-21,24-25,28H2,1-9H3,(H,53,59)/t29-,30+,31-,37-,38-,42?/m0/s1. The van der Waals surface area contributed by atoms with Gasteiger partial charge in [0.2, 0.25) is 5.91 Å². The van der Waals surface area contributed by atoms with Gasteiger partial charge in [-0.1, -0.05) is 33.8 Å². The normalized spacial score (nSPS) is 25.5. The number of benzene rings is 1. The minimum Gasteiger partial charge on any atom is -0.464 e. The second-order valence-corrected chi connectivity index (χ2v) is 20.8. The van der Waals surface area contributed by atoms with Crippen LogP contribution < -0.4 is 10.7 Å². The molecule has 13 nitrogen and oxygen atoms in total. The van der Waals surface area contributed by atoms with Gasteiger partial charge in [-0.25, -0.2) is 14.8 Å². The Bertz CT molecular complexity index is 2360. The molecule has 8 rings (SSSR count). The Morgan fingerprint density at radius 2 is 1.89 bits per heavy atom. The van der Waals surface area contributed by atoms with Crippen LogP contribution in [0.15, 0.2) is 35.8 Å². The highest BCUT2D eigenvalue weighted by Crippen LogP contribution is 2.46. The number of alkyl halides is 1. The second kappa shape index (κ2) is 18.5. The molecule has 1 aliphatic carbocycles. The molecule has 6 heterocycles. The summed E-state index contributed by atoms with van der Waals surface area (Å²) in [5, 5.41) is 8.32. The zero-order valence-corrected chi connectivity index (χ0v) is 39.9. The molecule has 4 aliphatic rings. The number of cyclic esters (lactones) is 1. The quantitative estimate of drug-likeness (QED) is 0.162. The van der Waals surface area contributed by atoms with Crippen LogP contribution >= 0.6 is 11.3 Å². The molecular weight excluding hydrogens is 832 g/mol. The van der Waals surface area contributed by atoms with Gasteiger partial charge in [-0.15, -0.1) is 11.3 Å². The number of likely N-dealkylation sites (tertiary alicyclic amines) is 1. The number of esters is 1. The van der Waals surface area contributed by atoms with Crippen molar-refractivity contribution >= 4 is 40.0 Å². The summed E-state index contributed by atoms with van der Waals surface area (Å²) in [6.07, 6.45) is 3.97. The molecule has 0 radical (unpaired) electrons. The predicted molar refractivity (Wildman–Crippen MR) is 248 cm³/mol. The molecule has 15 heteroatoms. The molecule has 1 saturated carbocycles. The lowest BCUT2D eigenvalue weighted by Crippen LogP contribution is -2.60. The molecular formula is C49H67FN8O5S. The van der Waals surface area contributed by atoms with Crippen molar-refractivity contribution in [2.75, 3.05) is 60.5 Å². The third-order valence-corrected chi connectivity index (χ3v) is 15.3. The van der Waals surface area contributed by atoms with Crippen LogP contribution in [0.3, 0.4) is 0 Å². The molecule has 4 aromatic rings. The van der Waals surface area contributed by atoms with Crippen LogP contribution in [0.1, 0.15) is 95.2 Å². The van der Waals surface area contributed by atoms with Crippen molar-refractivity contribution in [1.29, 1.82) is 0 Å². The number of likely N-dealkylation sites (N-methyl/N-ethyl adjacent to an activating group) is 1. The van der Waals surface area contributed by atoms with Gasteiger partial charge in [-0.05, 0) is 95.6 Å². The van der Waals surface area contributed by atoms with Gasteiger partial charge in [0.05, 0.1) is 34.8 Å². The van der Waals surface area contributed by atoms with E-state index in [9.17, 15) is 14.4 Å². The van der Waals surface area contributed by atoms with E-state index in [1.54, 1.807) is 13.3 Å². The molecule has 2 amide bonds. The van der Waals surface area contributed by atoms with Gasteiger partial charge in [0.25, 0.3) is 5.91 Å². The SMILES string of the molecule is CCn1c(-c2cc(C3(F)CCN(CCN(C)C)CC3)cnc2[C@H](C)OC)c2c3cc(ccc31)-c1csc(n1)C[C@H](NC(=O)C1[C@@H](C)[C@H]1C)C(=O)N1CCC[C@H](N1)C(=O)OCC(C)(C)C2. The van der Waals surface area contributed by atoms with Crippen LogP contribution in [-0.4, -0.2) is 120 Å². The van der Waals surface area contributed by atoms with E-state index in [0.717, 1.165) is 62.8 Å². The molecule has 1 aromatic carbocycles. The molecule has 6 bridgehead atoms. The molecule has 2 N–H and O–H groups in total. The summed E-state index contributed by atoms with van der Waals surface area (Å²) < 4.78 is 31.7. The number of aromatic nitrogens is 3. The Hall–Kier alpha value is -4.28. The average molecular weight is 899 g/mol. The lowest BCUT2D eigenvalue weighted by molar-refractivity contribution is -0.155. The van der Waals surface area contributed by atoms with Crippen LogP contribution in [0.5, 0.6) is 0 Å². The van der Waals surface area contributed by atoms with Crippen LogP contribution in [-0.2, 0) is 48.9 Å². The highest BCUT2D eigenvalue weighted by molar-refractivity contribution is 7.10. The number of fused-ring (bicyclic) bond motifs is 6. The fraction of sp³-hybridized carbons (Fsp3) is 0.612. The number of hydrazine groups is 1. The molecule has 2 saturated heterocycles. The van der Waals surface area contributed by atoms with Gasteiger partial charge in [0.1, 0.15) is 17.8 Å². The molecule has 64 heavy (non-hydrogen) atoms. The van der Waals surface area contributed by atoms with Crippen molar-refractivity contribution in [2.45, 2.75) is 110 Å². The fourth-order valence-corrected chi connectivity index (χ4v) is 10.9. The number of thiazole rings is 1. The molecule has 3 fully saturated rings. The van der Waals surface area contributed by atoms with Crippen molar-refractivity contribution in [2.24, 2.45) is 23.2 Å². The molecule has 1 unspecified atom stereocenters. The Labute approximate surface area is 381 Å². The van der Waals surface area contributed by atoms with Crippen LogP contribution in [0.4, 0.5) is 4.39 Å². The summed E-state index contributed by atoms with van der Waals surface area (Å²) in [5.74, 6) is -0.502. The van der Waals surface area contributed by atoms with Gasteiger partial charge >= 0.3 is 5.97 Å². The van der Waals surface area contributed by atoms with E-state index in [0.29, 0.717) is 63.8 Å². The summed E-state index contributed by atoms with van der Waals surface area (Å²) in [4.78, 5) is 56.2. The fourth-order valence-electron chi connectivity index (χ4n) is 10.0. The Kier molecular flexibility index (Phi) is 13.4. The number of pyridine rings is 1. The monoisotopic (exact) mass is 898 g/mol. The highest BCUT2D eigenvalue weighted by atomic mass is 32.1. The van der Waals surface area contributed by atoms with Crippen molar-refractivity contribution < 1.29 is 28.2 Å². The van der Waals surface area contributed by atoms with E-state index in [-0.39, 0.29) is 48.7 Å². The smallest absolute Gasteiger partial charge is 0.324 e. The lowest BCUT2D eigenvalue weighted by Gasteiger charge is -2.37. The largest absolute Gasteiger partial charge is 0.464 e. The van der Waals surface area contributed by atoms with E-state index in [1.807, 2.05) is 18.4 Å². The Morgan fingerprint density at radius 1 is 1.14 bits per heavy atom. The summed E-state index contributed by atoms with van der Waals surface area (Å²) in [7, 11) is 5.80. The number of nitrogens with zero attached hydrogens (tertiary/aromatic N) is 6. The number of halogens is 1. The van der Waals surface area contributed by atoms with Gasteiger partial charge in [-0.2, -0.15) is 0 Å². The Morgan fingerprint density at radius 3 is 2.58 bits per heavy atom. The zero-order chi connectivity index (χ0) is 45.7. The lowest BCUT2D eigenvalue weighted by atomic mass is 9.82. The van der Waals surface area contributed by atoms with Gasteiger partial charge in [-0.3, -0.25) is 24.4 Å². The number of aryl methyl sites for hydroxylation is 1. The number of carbonyl (C=O) groups is 3. The molecule has 3 aromatic heterocycles. The van der Waals surface area contributed by atoms with E-state index in [1.165, 1.54) is 16.3 Å². The molecule has 346 valence electrons. The third kappa shape index (κ3) is 9.38. The number of hydrogen-bond acceptors (Lipinski definition) is 11. The third-order valence-electron chi connectivity index (χ3n) is 14.4. The number of piperidine rings is 1. The first-order valence-electron chi connectivity index (χ1n) is 23.2. The first kappa shape index (κ1) is 46.3. The molecule has 0 spiro atoms. The maximum Gasteiger partial charge on any atom is 0.324 e. The van der Waals surface area contributed by atoms with Gasteiger partial charge in [0.15, 0.2) is 0 Å². The minimum atomic E-state index is -1.54. The van der Waals surface area contributed by atoms with E-state index in [4.69, 9.17) is 19.4 Å². The number of nitrogens with one attached hydrogen (secondary N) is 2. The van der Waals surface area contributed by atoms with Gasteiger partial charge < -0.3 is 29.2 Å². The number of amides is 2. The van der Waals surface area contributed by atoms with Gasteiger partial charge in [0, 0.05) is 103 Å². The maximum atomic E-state index is 17.3. The van der Waals surface area contributed by atoms with Crippen molar-refractivity contribution in [3.8, 4) is 22.5 Å². The summed E-state index contributed by atoms with van der Waals surface area (Å²) in [6, 6.07) is 6.83. The Balaban J connectivity index is 1.23. The minimum absolute atomic E-state index is 0.124. The van der Waals surface area contributed by atoms with Crippen LogP contribution in [0.2, 0.25) is 0 Å². The number of rotatable bonds is 10. The van der Waals surface area contributed by atoms with E-state index < -0.39 is 29.1 Å². The first-order chi connectivity index (χ1) is 30.5. The second-order valence-electron chi connectivity index (χ2n) is 19.8.